The van der Waals surface area contributed by atoms with Crippen molar-refractivity contribution in [2.45, 2.75) is 19.8 Å². The standard InChI is InChI=1S/C17H18N2OS/c1-11(2)12-4-6-13(7-5-12)18-17(20)15-10-16-14(19(15)3)8-9-21-16/h4-11H,1-3H3,(H,18,20). The number of hydrogen-bond donors (Lipinski definition) is 1. The van der Waals surface area contributed by atoms with E-state index >= 15 is 0 Å². The predicted molar refractivity (Wildman–Crippen MR) is 89.3 cm³/mol. The lowest BCUT2D eigenvalue weighted by Gasteiger charge is -2.09. The van der Waals surface area contributed by atoms with E-state index in [0.29, 0.717) is 11.6 Å². The first kappa shape index (κ1) is 13.9. The summed E-state index contributed by atoms with van der Waals surface area (Å²) in [5.74, 6) is 0.424. The number of nitrogens with zero attached hydrogens (tertiary/aromatic N) is 1. The van der Waals surface area contributed by atoms with Crippen LogP contribution in [0.25, 0.3) is 10.2 Å². The van der Waals surface area contributed by atoms with E-state index in [1.165, 1.54) is 5.56 Å². The zero-order valence-corrected chi connectivity index (χ0v) is 13.2. The van der Waals surface area contributed by atoms with Crippen molar-refractivity contribution in [2.24, 2.45) is 7.05 Å². The van der Waals surface area contributed by atoms with Gasteiger partial charge in [-0.2, -0.15) is 0 Å². The second-order valence-electron chi connectivity index (χ2n) is 5.49. The summed E-state index contributed by atoms with van der Waals surface area (Å²) in [4.78, 5) is 12.4. The molecule has 0 spiro atoms. The third-order valence-corrected chi connectivity index (χ3v) is 4.58. The Morgan fingerprint density at radius 3 is 2.52 bits per heavy atom. The van der Waals surface area contributed by atoms with Gasteiger partial charge in [-0.3, -0.25) is 4.79 Å². The van der Waals surface area contributed by atoms with Crippen LogP contribution in [-0.4, -0.2) is 10.5 Å². The molecule has 0 atom stereocenters. The summed E-state index contributed by atoms with van der Waals surface area (Å²) in [5, 5.41) is 5.00. The maximum absolute atomic E-state index is 12.4. The highest BCUT2D eigenvalue weighted by Crippen LogP contribution is 2.25. The van der Waals surface area contributed by atoms with Crippen molar-refractivity contribution in [2.75, 3.05) is 5.32 Å². The molecular weight excluding hydrogens is 280 g/mol. The van der Waals surface area contributed by atoms with Crippen LogP contribution in [0.1, 0.15) is 35.8 Å². The fraction of sp³-hybridized carbons (Fsp3) is 0.235. The summed E-state index contributed by atoms with van der Waals surface area (Å²) in [5.41, 5.74) is 3.88. The molecule has 0 radical (unpaired) electrons. The molecule has 1 N–H and O–H groups in total. The van der Waals surface area contributed by atoms with E-state index < -0.39 is 0 Å². The van der Waals surface area contributed by atoms with Crippen molar-refractivity contribution >= 4 is 33.1 Å². The molecule has 108 valence electrons. The number of carbonyl (C=O) groups is 1. The second-order valence-corrected chi connectivity index (χ2v) is 6.44. The molecule has 1 aromatic carbocycles. The van der Waals surface area contributed by atoms with Gasteiger partial charge in [0.05, 0.1) is 10.2 Å². The minimum absolute atomic E-state index is 0.0711. The van der Waals surface area contributed by atoms with Crippen LogP contribution in [0.4, 0.5) is 5.69 Å². The second kappa shape index (κ2) is 5.37. The Morgan fingerprint density at radius 1 is 1.19 bits per heavy atom. The fourth-order valence-corrected chi connectivity index (χ4v) is 3.26. The quantitative estimate of drug-likeness (QED) is 0.752. The Labute approximate surface area is 128 Å². The van der Waals surface area contributed by atoms with Gasteiger partial charge in [0.15, 0.2) is 0 Å². The molecule has 0 bridgehead atoms. The average Bonchev–Trinajstić information content (AvgIpc) is 3.03. The fourth-order valence-electron chi connectivity index (χ4n) is 2.41. The van der Waals surface area contributed by atoms with E-state index in [1.807, 2.05) is 41.3 Å². The van der Waals surface area contributed by atoms with Crippen LogP contribution in [0.5, 0.6) is 0 Å². The Balaban J connectivity index is 1.82. The van der Waals surface area contributed by atoms with Crippen LogP contribution >= 0.6 is 11.3 Å². The Bertz CT molecular complexity index is 781. The highest BCUT2D eigenvalue weighted by molar-refractivity contribution is 7.17. The van der Waals surface area contributed by atoms with Crippen LogP contribution in [0.15, 0.2) is 41.8 Å². The number of nitrogens with one attached hydrogen (secondary N) is 1. The SMILES string of the molecule is CC(C)c1ccc(NC(=O)c2cc3sccc3n2C)cc1. The average molecular weight is 298 g/mol. The van der Waals surface area contributed by atoms with Gasteiger partial charge in [-0.05, 0) is 41.1 Å². The van der Waals surface area contributed by atoms with E-state index in [1.54, 1.807) is 11.3 Å². The first-order chi connectivity index (χ1) is 10.1. The normalized spacial score (nSPS) is 11.2. The number of rotatable bonds is 3. The molecule has 0 aliphatic heterocycles. The number of amides is 1. The van der Waals surface area contributed by atoms with Crippen molar-refractivity contribution in [1.82, 2.24) is 4.57 Å². The first-order valence-corrected chi connectivity index (χ1v) is 7.88. The Morgan fingerprint density at radius 2 is 1.90 bits per heavy atom. The van der Waals surface area contributed by atoms with Crippen molar-refractivity contribution in [3.05, 3.63) is 53.0 Å². The van der Waals surface area contributed by atoms with Gasteiger partial charge in [-0.15, -0.1) is 11.3 Å². The minimum Gasteiger partial charge on any atom is -0.339 e. The molecule has 0 aliphatic rings. The molecule has 2 aromatic heterocycles. The smallest absolute Gasteiger partial charge is 0.272 e. The van der Waals surface area contributed by atoms with E-state index in [2.05, 4.69) is 31.3 Å². The van der Waals surface area contributed by atoms with Gasteiger partial charge in [-0.1, -0.05) is 26.0 Å². The third-order valence-electron chi connectivity index (χ3n) is 3.73. The minimum atomic E-state index is -0.0711. The topological polar surface area (TPSA) is 34.0 Å². The summed E-state index contributed by atoms with van der Waals surface area (Å²) in [6.45, 7) is 4.31. The highest BCUT2D eigenvalue weighted by atomic mass is 32.1. The van der Waals surface area contributed by atoms with Gasteiger partial charge < -0.3 is 9.88 Å². The molecule has 3 aromatic rings. The van der Waals surface area contributed by atoms with Gasteiger partial charge in [0.2, 0.25) is 0 Å². The maximum atomic E-state index is 12.4. The molecule has 0 saturated heterocycles. The largest absolute Gasteiger partial charge is 0.339 e. The van der Waals surface area contributed by atoms with Gasteiger partial charge in [-0.25, -0.2) is 0 Å². The molecular formula is C17H18N2OS. The van der Waals surface area contributed by atoms with E-state index in [-0.39, 0.29) is 5.91 Å². The predicted octanol–water partition coefficient (Wildman–Crippen LogP) is 4.62. The van der Waals surface area contributed by atoms with E-state index in [4.69, 9.17) is 0 Å². The lowest BCUT2D eigenvalue weighted by molar-refractivity contribution is 0.102. The van der Waals surface area contributed by atoms with E-state index in [9.17, 15) is 4.79 Å². The molecule has 4 heteroatoms. The molecule has 0 fully saturated rings. The van der Waals surface area contributed by atoms with Crippen LogP contribution in [-0.2, 0) is 7.05 Å². The van der Waals surface area contributed by atoms with Crippen molar-refractivity contribution in [3.8, 4) is 0 Å². The number of carbonyl (C=O) groups excluding carboxylic acids is 1. The van der Waals surface area contributed by atoms with Crippen molar-refractivity contribution in [1.29, 1.82) is 0 Å². The summed E-state index contributed by atoms with van der Waals surface area (Å²) in [7, 11) is 1.92. The lowest BCUT2D eigenvalue weighted by atomic mass is 10.0. The van der Waals surface area contributed by atoms with Gasteiger partial charge >= 0.3 is 0 Å². The van der Waals surface area contributed by atoms with Gasteiger partial charge in [0.25, 0.3) is 5.91 Å². The van der Waals surface area contributed by atoms with Crippen LogP contribution in [0.2, 0.25) is 0 Å². The first-order valence-electron chi connectivity index (χ1n) is 7.00. The number of aryl methyl sites for hydroxylation is 1. The van der Waals surface area contributed by atoms with E-state index in [0.717, 1.165) is 15.9 Å². The molecule has 0 unspecified atom stereocenters. The molecule has 21 heavy (non-hydrogen) atoms. The van der Waals surface area contributed by atoms with Gasteiger partial charge in [0.1, 0.15) is 5.69 Å². The monoisotopic (exact) mass is 298 g/mol. The molecule has 3 rings (SSSR count). The number of aromatic nitrogens is 1. The molecule has 0 aliphatic carbocycles. The zero-order valence-electron chi connectivity index (χ0n) is 12.4. The molecule has 1 amide bonds. The molecule has 0 saturated carbocycles. The zero-order chi connectivity index (χ0) is 15.0. The lowest BCUT2D eigenvalue weighted by Crippen LogP contribution is -2.15. The summed E-state index contributed by atoms with van der Waals surface area (Å²) in [6, 6.07) is 12.0. The summed E-state index contributed by atoms with van der Waals surface area (Å²) in [6.07, 6.45) is 0. The number of benzene rings is 1. The Kier molecular flexibility index (Phi) is 3.55. The third kappa shape index (κ3) is 2.59. The number of fused-ring (bicyclic) bond motifs is 1. The number of anilines is 1. The number of hydrogen-bond acceptors (Lipinski definition) is 2. The highest BCUT2D eigenvalue weighted by Gasteiger charge is 2.14. The summed E-state index contributed by atoms with van der Waals surface area (Å²) >= 11 is 1.65. The van der Waals surface area contributed by atoms with Crippen LogP contribution in [0, 0.1) is 0 Å². The van der Waals surface area contributed by atoms with Crippen molar-refractivity contribution in [3.63, 3.8) is 0 Å². The van der Waals surface area contributed by atoms with Crippen LogP contribution in [0.3, 0.4) is 0 Å². The molecule has 2 heterocycles. The van der Waals surface area contributed by atoms with Crippen molar-refractivity contribution < 1.29 is 4.79 Å². The van der Waals surface area contributed by atoms with Crippen LogP contribution < -0.4 is 5.32 Å². The molecule has 3 nitrogen and oxygen atoms in total. The van der Waals surface area contributed by atoms with Gasteiger partial charge in [0, 0.05) is 12.7 Å². The summed E-state index contributed by atoms with van der Waals surface area (Å²) < 4.78 is 3.07. The Hall–Kier alpha value is -2.07. The number of thiophene rings is 1. The maximum Gasteiger partial charge on any atom is 0.272 e.